The average Bonchev–Trinajstić information content (AvgIpc) is 2.55. The SMILES string of the molecule is CSCCCC(=O)N1CCC(C(=O)O)(c2ccccc2)CC1. The number of hydrogen-bond donors (Lipinski definition) is 1. The van der Waals surface area contributed by atoms with Gasteiger partial charge in [0.05, 0.1) is 5.41 Å². The third-order valence-electron chi connectivity index (χ3n) is 4.44. The van der Waals surface area contributed by atoms with E-state index < -0.39 is 11.4 Å². The Bertz CT molecular complexity index is 510. The van der Waals surface area contributed by atoms with Crippen molar-refractivity contribution in [1.82, 2.24) is 4.90 Å². The van der Waals surface area contributed by atoms with Gasteiger partial charge in [0, 0.05) is 19.5 Å². The largest absolute Gasteiger partial charge is 0.481 e. The molecule has 1 amide bonds. The van der Waals surface area contributed by atoms with Crippen LogP contribution >= 0.6 is 11.8 Å². The molecule has 0 saturated carbocycles. The summed E-state index contributed by atoms with van der Waals surface area (Å²) in [5, 5.41) is 9.73. The summed E-state index contributed by atoms with van der Waals surface area (Å²) in [6.07, 6.45) is 4.46. The number of benzene rings is 1. The molecule has 0 aromatic heterocycles. The van der Waals surface area contributed by atoms with Crippen LogP contribution in [0.5, 0.6) is 0 Å². The lowest BCUT2D eigenvalue weighted by Gasteiger charge is -2.39. The number of nitrogens with zero attached hydrogens (tertiary/aromatic N) is 1. The maximum Gasteiger partial charge on any atom is 0.314 e. The third kappa shape index (κ3) is 3.64. The van der Waals surface area contributed by atoms with Crippen molar-refractivity contribution >= 4 is 23.6 Å². The van der Waals surface area contributed by atoms with E-state index in [1.165, 1.54) is 0 Å². The van der Waals surface area contributed by atoms with Crippen LogP contribution in [0.3, 0.4) is 0 Å². The molecule has 0 radical (unpaired) electrons. The molecule has 0 spiro atoms. The fraction of sp³-hybridized carbons (Fsp3) is 0.529. The van der Waals surface area contributed by atoms with Gasteiger partial charge in [-0.2, -0.15) is 11.8 Å². The molecule has 1 aromatic rings. The van der Waals surface area contributed by atoms with Gasteiger partial charge >= 0.3 is 5.97 Å². The Labute approximate surface area is 135 Å². The number of aliphatic carboxylic acids is 1. The van der Waals surface area contributed by atoms with E-state index in [-0.39, 0.29) is 5.91 Å². The van der Waals surface area contributed by atoms with Gasteiger partial charge in [-0.1, -0.05) is 30.3 Å². The van der Waals surface area contributed by atoms with Crippen LogP contribution in [0, 0.1) is 0 Å². The standard InChI is InChI=1S/C17H23NO3S/c1-22-13-5-8-15(19)18-11-9-17(10-12-18,16(20)21)14-6-3-2-4-7-14/h2-4,6-7H,5,8-13H2,1H3,(H,20,21). The Hall–Kier alpha value is -1.49. The topological polar surface area (TPSA) is 57.6 Å². The second-order valence-corrected chi connectivity index (χ2v) is 6.72. The Morgan fingerprint density at radius 2 is 1.86 bits per heavy atom. The minimum Gasteiger partial charge on any atom is -0.481 e. The highest BCUT2D eigenvalue weighted by Crippen LogP contribution is 2.36. The van der Waals surface area contributed by atoms with Gasteiger partial charge in [-0.05, 0) is 36.8 Å². The molecular weight excluding hydrogens is 298 g/mol. The predicted octanol–water partition coefficient (Wildman–Crippen LogP) is 2.77. The average molecular weight is 321 g/mol. The summed E-state index contributed by atoms with van der Waals surface area (Å²) in [5.74, 6) is 0.358. The molecule has 4 nitrogen and oxygen atoms in total. The molecular formula is C17H23NO3S. The number of carbonyl (C=O) groups excluding carboxylic acids is 1. The van der Waals surface area contributed by atoms with E-state index in [4.69, 9.17) is 0 Å². The number of amides is 1. The molecule has 1 aromatic carbocycles. The van der Waals surface area contributed by atoms with Gasteiger partial charge in [-0.3, -0.25) is 9.59 Å². The van der Waals surface area contributed by atoms with Crippen LogP contribution in [0.2, 0.25) is 0 Å². The van der Waals surface area contributed by atoms with Crippen LogP contribution in [-0.2, 0) is 15.0 Å². The first-order valence-electron chi connectivity index (χ1n) is 7.66. The Kier molecular flexibility index (Phi) is 5.89. The van der Waals surface area contributed by atoms with Gasteiger partial charge in [0.15, 0.2) is 0 Å². The van der Waals surface area contributed by atoms with Crippen LogP contribution in [0.1, 0.15) is 31.2 Å². The molecule has 0 unspecified atom stereocenters. The highest BCUT2D eigenvalue weighted by Gasteiger charge is 2.43. The number of piperidine rings is 1. The van der Waals surface area contributed by atoms with E-state index in [9.17, 15) is 14.7 Å². The summed E-state index contributed by atoms with van der Waals surface area (Å²) in [5.41, 5.74) is -0.00546. The lowest BCUT2D eigenvalue weighted by Crippen LogP contribution is -2.49. The van der Waals surface area contributed by atoms with Gasteiger partial charge in [0.25, 0.3) is 0 Å². The number of likely N-dealkylation sites (tertiary alicyclic amines) is 1. The highest BCUT2D eigenvalue weighted by molar-refractivity contribution is 7.98. The Balaban J connectivity index is 2.02. The highest BCUT2D eigenvalue weighted by atomic mass is 32.2. The number of carbonyl (C=O) groups is 2. The second-order valence-electron chi connectivity index (χ2n) is 5.73. The van der Waals surface area contributed by atoms with Gasteiger partial charge in [-0.15, -0.1) is 0 Å². The Morgan fingerprint density at radius 1 is 1.23 bits per heavy atom. The number of rotatable bonds is 6. The first-order valence-corrected chi connectivity index (χ1v) is 9.05. The minimum atomic E-state index is -0.850. The van der Waals surface area contributed by atoms with Gasteiger partial charge in [0.2, 0.25) is 5.91 Å². The molecule has 5 heteroatoms. The van der Waals surface area contributed by atoms with Crippen molar-refractivity contribution < 1.29 is 14.7 Å². The summed E-state index contributed by atoms with van der Waals surface area (Å²) in [7, 11) is 0. The first-order chi connectivity index (χ1) is 10.6. The zero-order chi connectivity index (χ0) is 16.0. The van der Waals surface area contributed by atoms with Crippen molar-refractivity contribution in [3.05, 3.63) is 35.9 Å². The normalized spacial score (nSPS) is 17.2. The lowest BCUT2D eigenvalue weighted by atomic mass is 9.73. The smallest absolute Gasteiger partial charge is 0.314 e. The van der Waals surface area contributed by atoms with Crippen molar-refractivity contribution in [2.75, 3.05) is 25.1 Å². The third-order valence-corrected chi connectivity index (χ3v) is 5.14. The molecule has 1 saturated heterocycles. The molecule has 120 valence electrons. The zero-order valence-electron chi connectivity index (χ0n) is 13.0. The molecule has 0 aliphatic carbocycles. The summed E-state index contributed by atoms with van der Waals surface area (Å²) in [4.78, 5) is 25.8. The summed E-state index contributed by atoms with van der Waals surface area (Å²) in [6.45, 7) is 1.05. The van der Waals surface area contributed by atoms with Crippen LogP contribution in [-0.4, -0.2) is 47.0 Å². The number of carboxylic acid groups (broad SMARTS) is 1. The number of thioether (sulfide) groups is 1. The quantitative estimate of drug-likeness (QED) is 0.819. The summed E-state index contributed by atoms with van der Waals surface area (Å²) >= 11 is 1.74. The van der Waals surface area contributed by atoms with E-state index in [1.54, 1.807) is 11.8 Å². The van der Waals surface area contributed by atoms with Crippen LogP contribution in [0.25, 0.3) is 0 Å². The summed E-state index contributed by atoms with van der Waals surface area (Å²) in [6, 6.07) is 9.40. The van der Waals surface area contributed by atoms with E-state index >= 15 is 0 Å². The maximum absolute atomic E-state index is 12.2. The van der Waals surface area contributed by atoms with E-state index in [1.807, 2.05) is 41.5 Å². The molecule has 0 atom stereocenters. The number of hydrogen-bond acceptors (Lipinski definition) is 3. The molecule has 1 aliphatic rings. The molecule has 0 bridgehead atoms. The maximum atomic E-state index is 12.2. The van der Waals surface area contributed by atoms with Crippen molar-refractivity contribution in [3.63, 3.8) is 0 Å². The molecule has 1 heterocycles. The molecule has 2 rings (SSSR count). The van der Waals surface area contributed by atoms with E-state index in [0.29, 0.717) is 32.4 Å². The van der Waals surface area contributed by atoms with Crippen molar-refractivity contribution in [3.8, 4) is 0 Å². The van der Waals surface area contributed by atoms with Crippen molar-refractivity contribution in [2.45, 2.75) is 31.1 Å². The second kappa shape index (κ2) is 7.68. The molecule has 1 fully saturated rings. The van der Waals surface area contributed by atoms with Crippen molar-refractivity contribution in [2.24, 2.45) is 0 Å². The van der Waals surface area contributed by atoms with Crippen LogP contribution < -0.4 is 0 Å². The van der Waals surface area contributed by atoms with E-state index in [2.05, 4.69) is 0 Å². The van der Waals surface area contributed by atoms with Crippen LogP contribution in [0.4, 0.5) is 0 Å². The molecule has 1 N–H and O–H groups in total. The summed E-state index contributed by atoms with van der Waals surface area (Å²) < 4.78 is 0. The predicted molar refractivity (Wildman–Crippen MR) is 89.2 cm³/mol. The van der Waals surface area contributed by atoms with Gasteiger partial charge in [-0.25, -0.2) is 0 Å². The fourth-order valence-corrected chi connectivity index (χ4v) is 3.48. The van der Waals surface area contributed by atoms with Crippen molar-refractivity contribution in [1.29, 1.82) is 0 Å². The first kappa shape index (κ1) is 16.9. The van der Waals surface area contributed by atoms with Gasteiger partial charge in [0.1, 0.15) is 0 Å². The number of carboxylic acids is 1. The lowest BCUT2D eigenvalue weighted by molar-refractivity contribution is -0.148. The fourth-order valence-electron chi connectivity index (χ4n) is 3.05. The Morgan fingerprint density at radius 3 is 2.41 bits per heavy atom. The monoisotopic (exact) mass is 321 g/mol. The van der Waals surface area contributed by atoms with Gasteiger partial charge < -0.3 is 10.0 Å². The molecule has 22 heavy (non-hydrogen) atoms. The zero-order valence-corrected chi connectivity index (χ0v) is 13.8. The molecule has 1 aliphatic heterocycles. The van der Waals surface area contributed by atoms with E-state index in [0.717, 1.165) is 17.7 Å². The van der Waals surface area contributed by atoms with Crippen LogP contribution in [0.15, 0.2) is 30.3 Å². The minimum absolute atomic E-state index is 0.154.